The quantitative estimate of drug-likeness (QED) is 0.0717. The molecular weight excluding hydrogens is 810 g/mol. The summed E-state index contributed by atoms with van der Waals surface area (Å²) in [6.45, 7) is 4.44. The number of carbonyl (C=O) groups is 3. The summed E-state index contributed by atoms with van der Waals surface area (Å²) in [5, 5.41) is 0. The van der Waals surface area contributed by atoms with E-state index >= 15 is 0 Å². The van der Waals surface area contributed by atoms with Crippen LogP contribution in [0, 0.1) is 0 Å². The Morgan fingerprint density at radius 2 is 1.40 bits per heavy atom. The van der Waals surface area contributed by atoms with Gasteiger partial charge in [0.15, 0.2) is 0 Å². The Labute approximate surface area is 281 Å². The molecule has 14 heteroatoms. The number of halogens is 3. The number of pyridine rings is 2. The Bertz CT molecular complexity index is 1480. The summed E-state index contributed by atoms with van der Waals surface area (Å²) in [5.74, 6) is -0.481. The van der Waals surface area contributed by atoms with Crippen molar-refractivity contribution in [1.82, 2.24) is 9.97 Å². The minimum atomic E-state index is -0.265. The smallest absolute Gasteiger partial charge is 0.348 e. The first kappa shape index (κ1) is 36.5. The molecule has 0 saturated carbocycles. The third-order valence-electron chi connectivity index (χ3n) is 4.63. The van der Waals surface area contributed by atoms with Gasteiger partial charge in [-0.05, 0) is 112 Å². The van der Waals surface area contributed by atoms with Gasteiger partial charge in [0, 0.05) is 33.9 Å². The van der Waals surface area contributed by atoms with Crippen LogP contribution in [0.3, 0.4) is 0 Å². The number of carbonyl (C=O) groups excluding carboxylic acids is 3. The zero-order valence-corrected chi connectivity index (χ0v) is 31.0. The molecule has 0 amide bonds. The maximum Gasteiger partial charge on any atom is 0.348 e. The lowest BCUT2D eigenvalue weighted by molar-refractivity contribution is 0.0522. The van der Waals surface area contributed by atoms with E-state index in [1.54, 1.807) is 37.5 Å². The molecule has 0 aromatic carbocycles. The Balaban J connectivity index is 0.000000235. The van der Waals surface area contributed by atoms with Crippen LogP contribution in [-0.2, 0) is 15.6 Å². The first-order valence-electron chi connectivity index (χ1n) is 12.2. The van der Waals surface area contributed by atoms with Crippen LogP contribution in [0.1, 0.15) is 58.9 Å². The normalized spacial score (nSPS) is 11.0. The van der Waals surface area contributed by atoms with Crippen LogP contribution in [0.15, 0.2) is 70.1 Å². The van der Waals surface area contributed by atoms with Gasteiger partial charge in [-0.25, -0.2) is 19.6 Å². The molecule has 0 aliphatic heterocycles. The van der Waals surface area contributed by atoms with E-state index in [0.29, 0.717) is 33.1 Å². The Morgan fingerprint density at radius 3 is 1.93 bits per heavy atom. The minimum Gasteiger partial charge on any atom is -0.462 e. The molecular formula is C28H27Br3N2O5P2S2. The second-order valence-corrected chi connectivity index (χ2v) is 19.6. The van der Waals surface area contributed by atoms with Crippen molar-refractivity contribution in [1.29, 1.82) is 0 Å². The highest BCUT2D eigenvalue weighted by atomic mass is 79.9. The van der Waals surface area contributed by atoms with Gasteiger partial charge in [0.05, 0.1) is 13.2 Å². The first-order valence-corrected chi connectivity index (χ1v) is 20.6. The molecule has 4 aromatic rings. The molecule has 4 rings (SSSR count). The second kappa shape index (κ2) is 20.3. The van der Waals surface area contributed by atoms with Crippen LogP contribution in [0.4, 0.5) is 0 Å². The van der Waals surface area contributed by atoms with Gasteiger partial charge in [-0.1, -0.05) is 30.5 Å². The van der Waals surface area contributed by atoms with Crippen molar-refractivity contribution in [2.45, 2.75) is 20.0 Å². The van der Waals surface area contributed by atoms with Crippen LogP contribution in [0.25, 0.3) is 12.2 Å². The van der Waals surface area contributed by atoms with E-state index in [9.17, 15) is 14.4 Å². The molecule has 222 valence electrons. The maximum atomic E-state index is 11.5. The molecule has 42 heavy (non-hydrogen) atoms. The van der Waals surface area contributed by atoms with Crippen molar-refractivity contribution < 1.29 is 23.9 Å². The van der Waals surface area contributed by atoms with Gasteiger partial charge in [-0.2, -0.15) is 0 Å². The molecule has 2 atom stereocenters. The standard InChI is InChI=1S/C14H12BrNO2S.C8H11BrO2P2S.C6H4BrNO/c1-2-18-14(17)12-6-5-11(19-12)4-3-10-7-8-16-13(15)9-10;1-2-11-8(10)7-4-3-6(14-7)5-13(9)12;7-6-3-5(4-9)1-2-8-6/h3-9H,2H2,1H3;3-4H,2,5,12H2,1H3;1-4H/b4-3+;;. The molecule has 0 fully saturated rings. The van der Waals surface area contributed by atoms with Crippen molar-refractivity contribution in [3.05, 3.63) is 101 Å². The highest BCUT2D eigenvalue weighted by molar-refractivity contribution is 9.44. The van der Waals surface area contributed by atoms with Crippen molar-refractivity contribution in [3.63, 3.8) is 0 Å². The number of hydrogen-bond acceptors (Lipinski definition) is 9. The van der Waals surface area contributed by atoms with E-state index in [4.69, 9.17) is 9.47 Å². The van der Waals surface area contributed by atoms with Crippen molar-refractivity contribution in [3.8, 4) is 0 Å². The molecule has 0 aliphatic rings. The summed E-state index contributed by atoms with van der Waals surface area (Å²) < 4.78 is 11.3. The van der Waals surface area contributed by atoms with Crippen molar-refractivity contribution in [2.24, 2.45) is 0 Å². The van der Waals surface area contributed by atoms with E-state index in [1.807, 2.05) is 49.4 Å². The van der Waals surface area contributed by atoms with Crippen LogP contribution in [-0.4, -0.2) is 41.4 Å². The highest BCUT2D eigenvalue weighted by Crippen LogP contribution is 2.55. The number of aromatic nitrogens is 2. The van der Waals surface area contributed by atoms with Crippen LogP contribution < -0.4 is 0 Å². The summed E-state index contributed by atoms with van der Waals surface area (Å²) in [4.78, 5) is 44.4. The van der Waals surface area contributed by atoms with Crippen LogP contribution in [0.2, 0.25) is 0 Å². The number of ether oxygens (including phenoxy) is 2. The van der Waals surface area contributed by atoms with Gasteiger partial charge in [0.2, 0.25) is 0 Å². The topological polar surface area (TPSA) is 95.5 Å². The highest BCUT2D eigenvalue weighted by Gasteiger charge is 2.11. The fourth-order valence-corrected chi connectivity index (χ4v) is 8.51. The van der Waals surface area contributed by atoms with Crippen LogP contribution >= 0.6 is 85.3 Å². The van der Waals surface area contributed by atoms with E-state index in [2.05, 4.69) is 66.2 Å². The fraction of sp³-hybridized carbons (Fsp3) is 0.179. The van der Waals surface area contributed by atoms with E-state index < -0.39 is 0 Å². The summed E-state index contributed by atoms with van der Waals surface area (Å²) in [6.07, 6.45) is 8.82. The minimum absolute atomic E-state index is 0.203. The SMILES string of the molecule is CCOC(=O)c1ccc(/C=C/c2ccnc(Br)c2)s1.CCOC(=O)c1ccc(CP(P)Br)s1.O=Cc1ccnc(Br)c1. The Kier molecular flexibility index (Phi) is 17.7. The van der Waals surface area contributed by atoms with E-state index in [1.165, 1.54) is 27.6 Å². The van der Waals surface area contributed by atoms with E-state index in [0.717, 1.165) is 27.5 Å². The average Bonchev–Trinajstić information content (AvgIpc) is 3.63. The first-order chi connectivity index (χ1) is 20.1. The Morgan fingerprint density at radius 1 is 0.857 bits per heavy atom. The third kappa shape index (κ3) is 14.2. The summed E-state index contributed by atoms with van der Waals surface area (Å²) >= 11 is 12.9. The third-order valence-corrected chi connectivity index (χ3v) is 9.75. The van der Waals surface area contributed by atoms with Crippen molar-refractivity contribution in [2.75, 3.05) is 13.2 Å². The maximum absolute atomic E-state index is 11.5. The molecule has 0 saturated heterocycles. The van der Waals surface area contributed by atoms with Crippen molar-refractivity contribution >= 4 is 116 Å². The van der Waals surface area contributed by atoms with Gasteiger partial charge in [-0.15, -0.1) is 22.7 Å². The number of esters is 2. The van der Waals surface area contributed by atoms with Crippen LogP contribution in [0.5, 0.6) is 0 Å². The fourth-order valence-electron chi connectivity index (χ4n) is 2.87. The van der Waals surface area contributed by atoms with Gasteiger partial charge in [0.25, 0.3) is 0 Å². The number of thiophene rings is 2. The average molecular weight is 837 g/mol. The van der Waals surface area contributed by atoms with Gasteiger partial charge in [0.1, 0.15) is 25.2 Å². The molecule has 0 spiro atoms. The molecule has 0 N–H and O–H groups in total. The van der Waals surface area contributed by atoms with Gasteiger partial charge >= 0.3 is 11.9 Å². The van der Waals surface area contributed by atoms with E-state index in [-0.39, 0.29) is 18.3 Å². The zero-order valence-electron chi connectivity index (χ0n) is 22.5. The molecule has 2 unspecified atom stereocenters. The predicted octanol–water partition coefficient (Wildman–Crippen LogP) is 9.92. The summed E-state index contributed by atoms with van der Waals surface area (Å²) in [5.41, 5.74) is 1.69. The van der Waals surface area contributed by atoms with Gasteiger partial charge < -0.3 is 9.47 Å². The second-order valence-electron chi connectivity index (χ2n) is 7.74. The molecule has 7 nitrogen and oxygen atoms in total. The molecule has 4 heterocycles. The lowest BCUT2D eigenvalue weighted by Gasteiger charge is -1.99. The monoisotopic (exact) mass is 834 g/mol. The molecule has 0 bridgehead atoms. The number of rotatable bonds is 9. The molecule has 4 aromatic heterocycles. The number of hydrogen-bond donors (Lipinski definition) is 0. The summed E-state index contributed by atoms with van der Waals surface area (Å²) in [6, 6.07) is 14.7. The predicted molar refractivity (Wildman–Crippen MR) is 188 cm³/mol. The van der Waals surface area contributed by atoms with Gasteiger partial charge in [-0.3, -0.25) is 4.79 Å². The number of aldehydes is 1. The lowest BCUT2D eigenvalue weighted by Crippen LogP contribution is -2.01. The summed E-state index contributed by atoms with van der Waals surface area (Å²) in [7, 11) is 2.73. The lowest BCUT2D eigenvalue weighted by atomic mass is 10.2. The zero-order chi connectivity index (χ0) is 30.9. The largest absolute Gasteiger partial charge is 0.462 e. The Hall–Kier alpha value is -1.65. The molecule has 0 radical (unpaired) electrons. The molecule has 0 aliphatic carbocycles. The number of nitrogens with zero attached hydrogens (tertiary/aromatic N) is 2.